The van der Waals surface area contributed by atoms with Crippen molar-refractivity contribution in [3.8, 4) is 11.8 Å². The zero-order valence-corrected chi connectivity index (χ0v) is 32.4. The summed E-state index contributed by atoms with van der Waals surface area (Å²) in [5.74, 6) is -5.18. The van der Waals surface area contributed by atoms with Crippen LogP contribution in [0.5, 0.6) is 5.75 Å². The number of Topliss-reactive ketones (excluding diaryl/α,β-unsaturated/α-hetero) is 1. The van der Waals surface area contributed by atoms with Crippen LogP contribution in [0.25, 0.3) is 0 Å². The molecule has 1 unspecified atom stereocenters. The van der Waals surface area contributed by atoms with Gasteiger partial charge in [-0.25, -0.2) is 13.6 Å². The van der Waals surface area contributed by atoms with Crippen molar-refractivity contribution in [3.63, 3.8) is 0 Å². The van der Waals surface area contributed by atoms with E-state index in [2.05, 4.69) is 16.7 Å². The van der Waals surface area contributed by atoms with Crippen molar-refractivity contribution in [3.05, 3.63) is 98.5 Å². The largest absolute Gasteiger partial charge is 0.496 e. The minimum atomic E-state index is -1.79. The van der Waals surface area contributed by atoms with E-state index in [9.17, 15) is 19.6 Å². The van der Waals surface area contributed by atoms with Gasteiger partial charge in [0.15, 0.2) is 18.2 Å². The summed E-state index contributed by atoms with van der Waals surface area (Å²) >= 11 is 12.4. The first-order chi connectivity index (χ1) is 25.4. The maximum atomic E-state index is 16.0. The predicted octanol–water partition coefficient (Wildman–Crippen LogP) is 6.84. The van der Waals surface area contributed by atoms with Crippen LogP contribution in [0, 0.1) is 28.4 Å². The molecule has 0 bridgehead atoms. The van der Waals surface area contributed by atoms with E-state index in [1.807, 2.05) is 20.8 Å². The second-order valence-electron chi connectivity index (χ2n) is 15.2. The molecule has 5 atom stereocenters. The third-order valence-corrected chi connectivity index (χ3v) is 10.1. The highest BCUT2D eigenvalue weighted by Crippen LogP contribution is 2.53. The van der Waals surface area contributed by atoms with Gasteiger partial charge in [-0.3, -0.25) is 9.59 Å². The normalized spacial score (nSPS) is 23.4. The van der Waals surface area contributed by atoms with Gasteiger partial charge in [-0.2, -0.15) is 5.26 Å². The summed E-state index contributed by atoms with van der Waals surface area (Å²) < 4.78 is 53.9. The van der Waals surface area contributed by atoms with Crippen LogP contribution in [0.15, 0.2) is 54.6 Å². The molecule has 2 aliphatic heterocycles. The van der Waals surface area contributed by atoms with Gasteiger partial charge in [-0.15, -0.1) is 0 Å². The molecule has 5 rings (SSSR count). The van der Waals surface area contributed by atoms with E-state index in [1.165, 1.54) is 55.6 Å². The number of methoxy groups -OCH3 is 1. The van der Waals surface area contributed by atoms with Crippen molar-refractivity contribution in [2.45, 2.75) is 82.8 Å². The number of halogens is 4. The van der Waals surface area contributed by atoms with Crippen LogP contribution in [-0.4, -0.2) is 68.5 Å². The van der Waals surface area contributed by atoms with Gasteiger partial charge >= 0.3 is 5.97 Å². The van der Waals surface area contributed by atoms with Crippen LogP contribution in [-0.2, 0) is 35.6 Å². The summed E-state index contributed by atoms with van der Waals surface area (Å²) in [5.41, 5.74) is -1.81. The van der Waals surface area contributed by atoms with Crippen LogP contribution >= 0.6 is 23.2 Å². The third kappa shape index (κ3) is 8.88. The molecule has 1 amide bonds. The summed E-state index contributed by atoms with van der Waals surface area (Å²) in [6.45, 7) is 9.33. The van der Waals surface area contributed by atoms with E-state index >= 15 is 8.78 Å². The fraction of sp³-hybridized carbons (Fsp3) is 0.450. The van der Waals surface area contributed by atoms with Gasteiger partial charge in [-0.05, 0) is 61.6 Å². The van der Waals surface area contributed by atoms with Crippen LogP contribution in [0.1, 0.15) is 74.0 Å². The number of amides is 1. The summed E-state index contributed by atoms with van der Waals surface area (Å²) in [6, 6.07) is 12.9. The molecule has 288 valence electrons. The van der Waals surface area contributed by atoms with Gasteiger partial charge in [0.25, 0.3) is 5.91 Å². The summed E-state index contributed by atoms with van der Waals surface area (Å²) in [5, 5.41) is 17.0. The topological polar surface area (TPSA) is 136 Å². The van der Waals surface area contributed by atoms with Crippen molar-refractivity contribution in [1.29, 1.82) is 5.26 Å². The number of carbonyl (C=O) groups excluding carboxylic acids is 3. The summed E-state index contributed by atoms with van der Waals surface area (Å²) in [6.07, 6.45) is -0.296. The van der Waals surface area contributed by atoms with Crippen molar-refractivity contribution >= 4 is 40.9 Å². The zero-order chi connectivity index (χ0) is 39.6. The number of hydrogen-bond acceptors (Lipinski definition) is 9. The van der Waals surface area contributed by atoms with Crippen LogP contribution in [0.4, 0.5) is 8.78 Å². The molecule has 0 saturated carbocycles. The number of esters is 1. The first-order valence-corrected chi connectivity index (χ1v) is 18.2. The van der Waals surface area contributed by atoms with E-state index in [0.29, 0.717) is 18.6 Å². The maximum absolute atomic E-state index is 16.0. The highest BCUT2D eigenvalue weighted by molar-refractivity contribution is 6.31. The Labute approximate surface area is 323 Å². The highest BCUT2D eigenvalue weighted by atomic mass is 35.5. The fourth-order valence-corrected chi connectivity index (χ4v) is 7.62. The SMILES string of the molecule is COc1cc(C(=O)OCC(=O)NCC2COC(C)(C)O2)ccc1CC(=O)[C@@H]1N[C@@H](CC(C)(C)C)[C@](C#N)(c2ccc(Cl)cc2F)[C@H]1c1cccc(Cl)c1F. The van der Waals surface area contributed by atoms with E-state index in [4.69, 9.17) is 42.1 Å². The van der Waals surface area contributed by atoms with Crippen LogP contribution in [0.3, 0.4) is 0 Å². The second kappa shape index (κ2) is 16.3. The molecule has 10 nitrogen and oxygen atoms in total. The Morgan fingerprint density at radius 2 is 1.83 bits per heavy atom. The Bertz CT molecular complexity index is 1960. The van der Waals surface area contributed by atoms with Gasteiger partial charge in [0.1, 0.15) is 28.9 Å². The van der Waals surface area contributed by atoms with Gasteiger partial charge < -0.3 is 29.6 Å². The van der Waals surface area contributed by atoms with Gasteiger partial charge in [-0.1, -0.05) is 68.2 Å². The molecule has 3 aromatic rings. The van der Waals surface area contributed by atoms with Crippen molar-refractivity contribution in [2.24, 2.45) is 5.41 Å². The molecule has 2 saturated heterocycles. The molecule has 2 fully saturated rings. The lowest BCUT2D eigenvalue weighted by Crippen LogP contribution is -2.44. The number of hydrogen-bond donors (Lipinski definition) is 2. The zero-order valence-electron chi connectivity index (χ0n) is 30.9. The minimum Gasteiger partial charge on any atom is -0.496 e. The number of nitriles is 1. The Balaban J connectivity index is 1.42. The average molecular weight is 787 g/mol. The second-order valence-corrected chi connectivity index (χ2v) is 16.0. The van der Waals surface area contributed by atoms with Crippen molar-refractivity contribution in [1.82, 2.24) is 10.6 Å². The van der Waals surface area contributed by atoms with Crippen molar-refractivity contribution in [2.75, 3.05) is 26.9 Å². The number of benzene rings is 3. The number of carbonyl (C=O) groups is 3. The number of ketones is 1. The monoisotopic (exact) mass is 785 g/mol. The number of ether oxygens (including phenoxy) is 4. The van der Waals surface area contributed by atoms with Crippen LogP contribution < -0.4 is 15.4 Å². The molecule has 14 heteroatoms. The first-order valence-electron chi connectivity index (χ1n) is 17.4. The maximum Gasteiger partial charge on any atom is 0.338 e. The van der Waals surface area contributed by atoms with E-state index < -0.39 is 70.5 Å². The Morgan fingerprint density at radius 1 is 1.09 bits per heavy atom. The van der Waals surface area contributed by atoms with Gasteiger partial charge in [0, 0.05) is 41.1 Å². The summed E-state index contributed by atoms with van der Waals surface area (Å²) in [7, 11) is 1.36. The molecule has 54 heavy (non-hydrogen) atoms. The lowest BCUT2D eigenvalue weighted by molar-refractivity contribution is -0.139. The molecule has 0 spiro atoms. The van der Waals surface area contributed by atoms with Gasteiger partial charge in [0.2, 0.25) is 0 Å². The number of rotatable bonds is 12. The lowest BCUT2D eigenvalue weighted by atomic mass is 9.62. The Morgan fingerprint density at radius 3 is 2.46 bits per heavy atom. The fourth-order valence-electron chi connectivity index (χ4n) is 7.28. The lowest BCUT2D eigenvalue weighted by Gasteiger charge is -2.37. The molecular formula is C40H43Cl2F2N3O7. The van der Waals surface area contributed by atoms with Crippen LogP contribution in [0.2, 0.25) is 10.0 Å². The molecule has 3 aromatic carbocycles. The number of nitrogens with zero attached hydrogens (tertiary/aromatic N) is 1. The number of nitrogens with one attached hydrogen (secondary N) is 2. The molecule has 2 heterocycles. The molecule has 2 aliphatic rings. The highest BCUT2D eigenvalue weighted by Gasteiger charge is 2.61. The smallest absolute Gasteiger partial charge is 0.338 e. The Hall–Kier alpha value is -4.12. The first kappa shape index (κ1) is 41.1. The molecule has 2 N–H and O–H groups in total. The summed E-state index contributed by atoms with van der Waals surface area (Å²) in [4.78, 5) is 39.7. The average Bonchev–Trinajstić information content (AvgIpc) is 3.62. The van der Waals surface area contributed by atoms with Gasteiger partial charge in [0.05, 0.1) is 36.4 Å². The Kier molecular flexibility index (Phi) is 12.4. The minimum absolute atomic E-state index is 0.0253. The van der Waals surface area contributed by atoms with E-state index in [1.54, 1.807) is 13.8 Å². The standard InChI is InChI=1S/C40H43Cl2F2N3O7/c1-38(2,3)17-32-40(21-45,27-13-12-24(41)16-29(27)43)34(26-8-7-9-28(42)35(26)44)36(47-32)30(48)14-22-10-11-23(15-31(22)51-6)37(50)52-20-33(49)46-18-25-19-53-39(4,5)54-25/h7-13,15-16,25,32,34,36,47H,14,17-20H2,1-6H3,(H,46,49)/t25?,32-,34-,36-,40-/m0/s1. The quantitative estimate of drug-likeness (QED) is 0.189. The van der Waals surface area contributed by atoms with E-state index in [-0.39, 0.29) is 51.6 Å². The molecular weight excluding hydrogens is 743 g/mol. The van der Waals surface area contributed by atoms with E-state index in [0.717, 1.165) is 6.07 Å². The molecule has 0 aliphatic carbocycles. The molecule has 0 aromatic heterocycles. The third-order valence-electron chi connectivity index (χ3n) is 9.61. The predicted molar refractivity (Wildman–Crippen MR) is 198 cm³/mol. The molecule has 0 radical (unpaired) electrons. The van der Waals surface area contributed by atoms with Crippen molar-refractivity contribution < 1.29 is 42.1 Å².